The molecular formula is C38H54O15. The molecule has 2 saturated heterocycles. The van der Waals surface area contributed by atoms with Gasteiger partial charge in [0, 0.05) is 0 Å². The molecule has 0 aromatic heterocycles. The maximum atomic E-state index is 12.6. The zero-order valence-electron chi connectivity index (χ0n) is 31.4. The van der Waals surface area contributed by atoms with E-state index in [0.717, 1.165) is 22.3 Å². The van der Waals surface area contributed by atoms with Gasteiger partial charge in [0.2, 0.25) is 0 Å². The molecule has 0 spiro atoms. The zero-order chi connectivity index (χ0) is 39.4. The summed E-state index contributed by atoms with van der Waals surface area (Å²) in [5, 5.41) is 63.4. The molecule has 6 N–H and O–H groups in total. The average molecular weight is 751 g/mol. The van der Waals surface area contributed by atoms with E-state index in [1.54, 1.807) is 12.1 Å². The summed E-state index contributed by atoms with van der Waals surface area (Å²) in [6, 6.07) is 11.1. The lowest BCUT2D eigenvalue weighted by Gasteiger charge is -2.44. The summed E-state index contributed by atoms with van der Waals surface area (Å²) in [7, 11) is 0. The van der Waals surface area contributed by atoms with Gasteiger partial charge in [0.15, 0.2) is 25.8 Å². The van der Waals surface area contributed by atoms with Crippen LogP contribution in [0.25, 0.3) is 0 Å². The van der Waals surface area contributed by atoms with Crippen LogP contribution in [0.1, 0.15) is 63.8 Å². The maximum absolute atomic E-state index is 12.6. The van der Waals surface area contributed by atoms with Gasteiger partial charge in [0.1, 0.15) is 73.5 Å². The third-order valence-corrected chi connectivity index (χ3v) is 9.00. The van der Waals surface area contributed by atoms with E-state index in [1.165, 1.54) is 0 Å². The van der Waals surface area contributed by atoms with Crippen molar-refractivity contribution in [3.63, 3.8) is 0 Å². The van der Waals surface area contributed by atoms with Crippen molar-refractivity contribution in [3.05, 3.63) is 58.7 Å². The Kier molecular flexibility index (Phi) is 13.9. The fourth-order valence-corrected chi connectivity index (χ4v) is 5.88. The van der Waals surface area contributed by atoms with E-state index in [0.29, 0.717) is 11.5 Å². The molecule has 2 heterocycles. The van der Waals surface area contributed by atoms with Gasteiger partial charge in [-0.2, -0.15) is 0 Å². The lowest BCUT2D eigenvalue weighted by atomic mass is 9.85. The van der Waals surface area contributed by atoms with Gasteiger partial charge in [-0.25, -0.2) is 9.59 Å². The van der Waals surface area contributed by atoms with E-state index in [1.807, 2.05) is 79.7 Å². The van der Waals surface area contributed by atoms with Crippen molar-refractivity contribution in [2.24, 2.45) is 0 Å². The number of hydrogen-bond donors (Lipinski definition) is 6. The zero-order valence-corrected chi connectivity index (χ0v) is 31.4. The lowest BCUT2D eigenvalue weighted by molar-refractivity contribution is -0.376. The lowest BCUT2D eigenvalue weighted by Crippen LogP contribution is -2.64. The number of aliphatic hydroxyl groups excluding tert-OH is 6. The topological polar surface area (TPSA) is 220 Å². The molecule has 2 aliphatic rings. The molecule has 0 saturated carbocycles. The highest BCUT2D eigenvalue weighted by Crippen LogP contribution is 2.34. The SMILES string of the molecule is Cc1ccc(OCC(=O)OCC2OC(OC3OC(COC(=O)COc4ccc(C)cc4C(C)(C)C)C(O)C(O)C3O)C(O)C(O)C2O)c(C(C)(C)C)c1. The number of aliphatic hydroxyl groups is 6. The summed E-state index contributed by atoms with van der Waals surface area (Å²) in [5.74, 6) is -0.618. The fraction of sp³-hybridized carbons (Fsp3) is 0.632. The van der Waals surface area contributed by atoms with Gasteiger partial charge in [-0.05, 0) is 47.9 Å². The molecule has 4 rings (SSSR count). The van der Waals surface area contributed by atoms with Crippen LogP contribution in [0.5, 0.6) is 11.5 Å². The first-order valence-electron chi connectivity index (χ1n) is 17.5. The first-order chi connectivity index (χ1) is 24.7. The molecule has 0 amide bonds. The van der Waals surface area contributed by atoms with Crippen LogP contribution in [-0.4, -0.2) is 130 Å². The Bertz CT molecular complexity index is 1440. The molecule has 15 heteroatoms. The van der Waals surface area contributed by atoms with Gasteiger partial charge in [-0.1, -0.05) is 76.9 Å². The molecule has 2 aliphatic heterocycles. The van der Waals surface area contributed by atoms with Crippen molar-refractivity contribution in [1.29, 1.82) is 0 Å². The van der Waals surface area contributed by atoms with E-state index in [4.69, 9.17) is 33.2 Å². The van der Waals surface area contributed by atoms with Gasteiger partial charge in [-0.15, -0.1) is 0 Å². The largest absolute Gasteiger partial charge is 0.482 e. The summed E-state index contributed by atoms with van der Waals surface area (Å²) in [4.78, 5) is 25.2. The Balaban J connectivity index is 1.32. The molecule has 15 nitrogen and oxygen atoms in total. The second-order valence-corrected chi connectivity index (χ2v) is 15.6. The first-order valence-corrected chi connectivity index (χ1v) is 17.5. The van der Waals surface area contributed by atoms with Gasteiger partial charge in [-0.3, -0.25) is 0 Å². The minimum atomic E-state index is -1.88. The number of esters is 2. The van der Waals surface area contributed by atoms with Crippen LogP contribution in [0, 0.1) is 13.8 Å². The fourth-order valence-electron chi connectivity index (χ4n) is 5.88. The number of benzene rings is 2. The summed E-state index contributed by atoms with van der Waals surface area (Å²) < 4.78 is 38.7. The Labute approximate surface area is 309 Å². The Morgan fingerprint density at radius 1 is 0.585 bits per heavy atom. The molecule has 0 bridgehead atoms. The number of aryl methyl sites for hydroxylation is 2. The van der Waals surface area contributed by atoms with E-state index >= 15 is 0 Å². The maximum Gasteiger partial charge on any atom is 0.344 e. The average Bonchev–Trinajstić information content (AvgIpc) is 3.08. The minimum Gasteiger partial charge on any atom is -0.482 e. The summed E-state index contributed by atoms with van der Waals surface area (Å²) in [6.45, 7) is 13.8. The van der Waals surface area contributed by atoms with Crippen molar-refractivity contribution in [1.82, 2.24) is 0 Å². The number of carbonyl (C=O) groups is 2. The molecule has 2 fully saturated rings. The van der Waals surface area contributed by atoms with Gasteiger partial charge in [0.25, 0.3) is 0 Å². The smallest absolute Gasteiger partial charge is 0.344 e. The van der Waals surface area contributed by atoms with Crippen LogP contribution in [-0.2, 0) is 44.1 Å². The highest BCUT2D eigenvalue weighted by molar-refractivity contribution is 5.71. The van der Waals surface area contributed by atoms with E-state index in [9.17, 15) is 40.2 Å². The Hall–Kier alpha value is -3.38. The number of rotatable bonds is 12. The standard InChI is InChI=1S/C38H54O15/c1-19-9-11-23(21(13-19)37(3,4)5)47-17-27(39)49-15-25-29(41)31(43)33(45)35(51-25)53-36-34(46)32(44)30(42)26(52-36)16-50-28(40)18-48-24-12-10-20(2)14-22(24)38(6,7)8/h9-14,25-26,29-36,41-46H,15-18H2,1-8H3. The summed E-state index contributed by atoms with van der Waals surface area (Å²) in [5.41, 5.74) is 3.30. The van der Waals surface area contributed by atoms with Crippen LogP contribution in [0.3, 0.4) is 0 Å². The van der Waals surface area contributed by atoms with E-state index in [-0.39, 0.29) is 10.8 Å². The highest BCUT2D eigenvalue weighted by atomic mass is 16.8. The third-order valence-electron chi connectivity index (χ3n) is 9.00. The molecule has 0 radical (unpaired) electrons. The van der Waals surface area contributed by atoms with Crippen molar-refractivity contribution in [2.75, 3.05) is 26.4 Å². The third kappa shape index (κ3) is 10.9. The van der Waals surface area contributed by atoms with Gasteiger partial charge >= 0.3 is 11.9 Å². The number of ether oxygens (including phenoxy) is 7. The van der Waals surface area contributed by atoms with Gasteiger partial charge < -0.3 is 63.8 Å². The molecule has 2 aromatic rings. The minimum absolute atomic E-state index is 0.265. The Morgan fingerprint density at radius 2 is 0.943 bits per heavy atom. The predicted octanol–water partition coefficient (Wildman–Crippen LogP) is 1.07. The van der Waals surface area contributed by atoms with Crippen molar-refractivity contribution in [3.8, 4) is 11.5 Å². The molecular weight excluding hydrogens is 696 g/mol. The molecule has 53 heavy (non-hydrogen) atoms. The van der Waals surface area contributed by atoms with E-state index < -0.39 is 99.8 Å². The van der Waals surface area contributed by atoms with Crippen molar-refractivity contribution < 1.29 is 73.4 Å². The first kappa shape index (κ1) is 42.4. The van der Waals surface area contributed by atoms with E-state index in [2.05, 4.69) is 0 Å². The Morgan fingerprint density at radius 3 is 1.28 bits per heavy atom. The number of hydrogen-bond acceptors (Lipinski definition) is 15. The van der Waals surface area contributed by atoms with Crippen molar-refractivity contribution in [2.45, 2.75) is 128 Å². The van der Waals surface area contributed by atoms with Crippen LogP contribution < -0.4 is 9.47 Å². The molecule has 0 aliphatic carbocycles. The highest BCUT2D eigenvalue weighted by Gasteiger charge is 2.50. The quantitative estimate of drug-likeness (QED) is 0.167. The molecule has 10 atom stereocenters. The summed E-state index contributed by atoms with van der Waals surface area (Å²) in [6.07, 6.45) is -17.3. The second kappa shape index (κ2) is 17.4. The number of carbonyl (C=O) groups excluding carboxylic acids is 2. The molecule has 10 unspecified atom stereocenters. The van der Waals surface area contributed by atoms with Gasteiger partial charge in [0.05, 0.1) is 0 Å². The van der Waals surface area contributed by atoms with Crippen LogP contribution in [0.15, 0.2) is 36.4 Å². The molecule has 2 aromatic carbocycles. The van der Waals surface area contributed by atoms with Crippen LogP contribution in [0.4, 0.5) is 0 Å². The van der Waals surface area contributed by atoms with Crippen LogP contribution in [0.2, 0.25) is 0 Å². The monoisotopic (exact) mass is 750 g/mol. The summed E-state index contributed by atoms with van der Waals surface area (Å²) >= 11 is 0. The second-order valence-electron chi connectivity index (χ2n) is 15.6. The van der Waals surface area contributed by atoms with Crippen LogP contribution >= 0.6 is 0 Å². The molecule has 296 valence electrons. The van der Waals surface area contributed by atoms with Crippen molar-refractivity contribution >= 4 is 11.9 Å². The normalized spacial score (nSPS) is 29.3. The predicted molar refractivity (Wildman–Crippen MR) is 187 cm³/mol.